The molecule has 0 bridgehead atoms. The Morgan fingerprint density at radius 2 is 2.08 bits per heavy atom. The van der Waals surface area contributed by atoms with E-state index in [1.165, 1.54) is 12.8 Å². The van der Waals surface area contributed by atoms with Crippen molar-refractivity contribution in [1.29, 1.82) is 0 Å². The van der Waals surface area contributed by atoms with Crippen molar-refractivity contribution in [3.8, 4) is 0 Å². The van der Waals surface area contributed by atoms with Crippen LogP contribution in [-0.4, -0.2) is 18.2 Å². The predicted octanol–water partition coefficient (Wildman–Crippen LogP) is 1.86. The molecule has 0 fully saturated rings. The minimum absolute atomic E-state index is 0.0304. The van der Waals surface area contributed by atoms with Gasteiger partial charge >= 0.3 is 0 Å². The van der Waals surface area contributed by atoms with Crippen molar-refractivity contribution in [2.45, 2.75) is 33.1 Å². The molecule has 0 aliphatic carbocycles. The Balaban J connectivity index is 3.05. The van der Waals surface area contributed by atoms with Gasteiger partial charge in [0.1, 0.15) is 0 Å². The summed E-state index contributed by atoms with van der Waals surface area (Å²) < 4.78 is 0. The average Bonchev–Trinajstić information content (AvgIpc) is 2.03. The van der Waals surface area contributed by atoms with E-state index in [-0.39, 0.29) is 5.91 Å². The van der Waals surface area contributed by atoms with Crippen LogP contribution < -0.4 is 5.32 Å². The lowest BCUT2D eigenvalue weighted by Crippen LogP contribution is -2.25. The van der Waals surface area contributed by atoms with Crippen LogP contribution in [0.1, 0.15) is 33.1 Å². The van der Waals surface area contributed by atoms with Crippen molar-refractivity contribution in [3.05, 3.63) is 0 Å². The Labute approximate surface area is 80.5 Å². The van der Waals surface area contributed by atoms with E-state index in [0.717, 1.165) is 18.9 Å². The highest BCUT2D eigenvalue weighted by Crippen LogP contribution is 2.04. The van der Waals surface area contributed by atoms with E-state index in [9.17, 15) is 4.79 Å². The molecule has 0 unspecified atom stereocenters. The Hall–Kier alpha value is -0.180. The molecule has 1 N–H and O–H groups in total. The van der Waals surface area contributed by atoms with E-state index in [1.807, 2.05) is 0 Å². The monoisotopic (exact) mass is 189 g/mol. The molecule has 0 aromatic heterocycles. The van der Waals surface area contributed by atoms with E-state index < -0.39 is 0 Å². The molecule has 0 spiro atoms. The first-order chi connectivity index (χ1) is 5.66. The summed E-state index contributed by atoms with van der Waals surface area (Å²) in [4.78, 5) is 10.7. The molecule has 2 nitrogen and oxygen atoms in total. The number of carbonyl (C=O) groups is 1. The summed E-state index contributed by atoms with van der Waals surface area (Å²) >= 11 is 3.86. The maximum Gasteiger partial charge on any atom is 0.229 e. The summed E-state index contributed by atoms with van der Waals surface area (Å²) in [6.07, 6.45) is 3.53. The Kier molecular flexibility index (Phi) is 7.36. The number of hydrogen-bond acceptors (Lipinski definition) is 2. The van der Waals surface area contributed by atoms with Crippen molar-refractivity contribution in [2.24, 2.45) is 5.92 Å². The van der Waals surface area contributed by atoms with Gasteiger partial charge in [-0.2, -0.15) is 12.6 Å². The van der Waals surface area contributed by atoms with Gasteiger partial charge in [-0.1, -0.05) is 26.7 Å². The Morgan fingerprint density at radius 1 is 1.42 bits per heavy atom. The van der Waals surface area contributed by atoms with Gasteiger partial charge in [-0.05, 0) is 12.3 Å². The SMILES string of the molecule is CC(C)CCCCNC(=O)CS. The average molecular weight is 189 g/mol. The fourth-order valence-electron chi connectivity index (χ4n) is 0.961. The molecule has 0 atom stereocenters. The molecule has 0 aliphatic rings. The Bertz CT molecular complexity index is 126. The van der Waals surface area contributed by atoms with Gasteiger partial charge in [0, 0.05) is 6.54 Å². The molecule has 3 heteroatoms. The lowest BCUT2D eigenvalue weighted by Gasteiger charge is -2.04. The second-order valence-corrected chi connectivity index (χ2v) is 3.71. The van der Waals surface area contributed by atoms with Crippen LogP contribution in [0.5, 0.6) is 0 Å². The van der Waals surface area contributed by atoms with E-state index in [4.69, 9.17) is 0 Å². The number of thiol groups is 1. The van der Waals surface area contributed by atoms with Crippen LogP contribution in [0.25, 0.3) is 0 Å². The van der Waals surface area contributed by atoms with Gasteiger partial charge in [0.2, 0.25) is 5.91 Å². The molecular formula is C9H19NOS. The van der Waals surface area contributed by atoms with Gasteiger partial charge < -0.3 is 5.32 Å². The molecule has 72 valence electrons. The zero-order chi connectivity index (χ0) is 9.40. The van der Waals surface area contributed by atoms with Gasteiger partial charge in [0.05, 0.1) is 5.75 Å². The van der Waals surface area contributed by atoms with Crippen molar-refractivity contribution < 1.29 is 4.79 Å². The molecule has 0 aliphatic heterocycles. The lowest BCUT2D eigenvalue weighted by molar-refractivity contribution is -0.118. The molecule has 0 saturated heterocycles. The van der Waals surface area contributed by atoms with E-state index >= 15 is 0 Å². The third-order valence-corrected chi connectivity index (χ3v) is 1.96. The highest BCUT2D eigenvalue weighted by Gasteiger charge is 1.96. The lowest BCUT2D eigenvalue weighted by atomic mass is 10.1. The highest BCUT2D eigenvalue weighted by molar-refractivity contribution is 7.81. The van der Waals surface area contributed by atoms with Gasteiger partial charge in [-0.3, -0.25) is 4.79 Å². The number of hydrogen-bond donors (Lipinski definition) is 2. The predicted molar refractivity (Wildman–Crippen MR) is 55.6 cm³/mol. The normalized spacial score (nSPS) is 10.3. The minimum atomic E-state index is 0.0304. The molecule has 0 heterocycles. The van der Waals surface area contributed by atoms with Crippen molar-refractivity contribution in [3.63, 3.8) is 0 Å². The molecule has 0 aromatic carbocycles. The number of rotatable bonds is 6. The minimum Gasteiger partial charge on any atom is -0.355 e. The van der Waals surface area contributed by atoms with Crippen LogP contribution >= 0.6 is 12.6 Å². The van der Waals surface area contributed by atoms with Gasteiger partial charge in [-0.25, -0.2) is 0 Å². The third-order valence-electron chi connectivity index (χ3n) is 1.67. The van der Waals surface area contributed by atoms with Crippen LogP contribution in [0.4, 0.5) is 0 Å². The molecule has 0 radical (unpaired) electrons. The molecule has 12 heavy (non-hydrogen) atoms. The fourth-order valence-corrected chi connectivity index (χ4v) is 1.07. The molecule has 1 amide bonds. The maximum atomic E-state index is 10.7. The van der Waals surface area contributed by atoms with Gasteiger partial charge in [0.25, 0.3) is 0 Å². The van der Waals surface area contributed by atoms with Crippen LogP contribution in [0.2, 0.25) is 0 Å². The summed E-state index contributed by atoms with van der Waals surface area (Å²) in [6.45, 7) is 5.23. The highest BCUT2D eigenvalue weighted by atomic mass is 32.1. The van der Waals surface area contributed by atoms with Crippen LogP contribution in [0, 0.1) is 5.92 Å². The summed E-state index contributed by atoms with van der Waals surface area (Å²) in [5.74, 6) is 1.10. The van der Waals surface area contributed by atoms with Gasteiger partial charge in [0.15, 0.2) is 0 Å². The number of unbranched alkanes of at least 4 members (excludes halogenated alkanes) is 1. The largest absolute Gasteiger partial charge is 0.355 e. The number of carbonyl (C=O) groups excluding carboxylic acids is 1. The zero-order valence-electron chi connectivity index (χ0n) is 7.97. The Morgan fingerprint density at radius 3 is 2.58 bits per heavy atom. The first kappa shape index (κ1) is 11.8. The van der Waals surface area contributed by atoms with E-state index in [1.54, 1.807) is 0 Å². The topological polar surface area (TPSA) is 29.1 Å². The molecule has 0 saturated carbocycles. The van der Waals surface area contributed by atoms with Crippen molar-refractivity contribution >= 4 is 18.5 Å². The quantitative estimate of drug-likeness (QED) is 0.484. The summed E-state index contributed by atoms with van der Waals surface area (Å²) in [5.41, 5.74) is 0. The summed E-state index contributed by atoms with van der Waals surface area (Å²) in [6, 6.07) is 0. The zero-order valence-corrected chi connectivity index (χ0v) is 8.86. The summed E-state index contributed by atoms with van der Waals surface area (Å²) in [5, 5.41) is 2.79. The van der Waals surface area contributed by atoms with Gasteiger partial charge in [-0.15, -0.1) is 0 Å². The maximum absolute atomic E-state index is 10.7. The van der Waals surface area contributed by atoms with Crippen molar-refractivity contribution in [2.75, 3.05) is 12.3 Å². The van der Waals surface area contributed by atoms with Crippen LogP contribution in [0.3, 0.4) is 0 Å². The fraction of sp³-hybridized carbons (Fsp3) is 0.889. The standard InChI is InChI=1S/C9H19NOS/c1-8(2)5-3-4-6-10-9(11)7-12/h8,12H,3-7H2,1-2H3,(H,10,11). The molecule has 0 aromatic rings. The first-order valence-corrected chi connectivity index (χ1v) is 5.17. The van der Waals surface area contributed by atoms with E-state index in [2.05, 4.69) is 31.8 Å². The molecule has 0 rings (SSSR count). The smallest absolute Gasteiger partial charge is 0.229 e. The number of amides is 1. The number of nitrogens with one attached hydrogen (secondary N) is 1. The third kappa shape index (κ3) is 7.92. The van der Waals surface area contributed by atoms with E-state index in [0.29, 0.717) is 5.75 Å². The molecular weight excluding hydrogens is 170 g/mol. The first-order valence-electron chi connectivity index (χ1n) is 4.54. The second-order valence-electron chi connectivity index (χ2n) is 3.40. The second kappa shape index (κ2) is 7.47. The summed E-state index contributed by atoms with van der Waals surface area (Å²) in [7, 11) is 0. The van der Waals surface area contributed by atoms with Crippen molar-refractivity contribution in [1.82, 2.24) is 5.32 Å². The van der Waals surface area contributed by atoms with Crippen LogP contribution in [-0.2, 0) is 4.79 Å². The van der Waals surface area contributed by atoms with Crippen LogP contribution in [0.15, 0.2) is 0 Å².